The minimum Gasteiger partial charge on any atom is -0.396 e. The normalized spacial score (nSPS) is 20.7. The van der Waals surface area contributed by atoms with Crippen LogP contribution in [-0.4, -0.2) is 45.2 Å². The standard InChI is InChI=1S/C19H25N5O2/c25-12-14-3-7-23(8-4-14)18-17(2-1-6-21-18)22-19(26)15-5-9-24-13-20-11-16(24)10-15/h1-2,6,11,13-15,25H,3-5,7-10,12H2,(H,22,26). The molecule has 7 nitrogen and oxygen atoms in total. The average Bonchev–Trinajstić information content (AvgIpc) is 3.16. The monoisotopic (exact) mass is 355 g/mol. The molecule has 138 valence electrons. The number of hydrogen-bond acceptors (Lipinski definition) is 5. The summed E-state index contributed by atoms with van der Waals surface area (Å²) >= 11 is 0. The first kappa shape index (κ1) is 17.0. The van der Waals surface area contributed by atoms with Crippen LogP contribution in [0.4, 0.5) is 11.5 Å². The van der Waals surface area contributed by atoms with E-state index in [1.807, 2.05) is 24.7 Å². The Bertz CT molecular complexity index is 767. The van der Waals surface area contributed by atoms with E-state index in [9.17, 15) is 9.90 Å². The lowest BCUT2D eigenvalue weighted by atomic mass is 9.95. The van der Waals surface area contributed by atoms with Crippen LogP contribution >= 0.6 is 0 Å². The fourth-order valence-corrected chi connectivity index (χ4v) is 3.90. The van der Waals surface area contributed by atoms with Crippen molar-refractivity contribution in [3.05, 3.63) is 36.5 Å². The molecule has 26 heavy (non-hydrogen) atoms. The molecule has 1 saturated heterocycles. The van der Waals surface area contributed by atoms with Gasteiger partial charge in [0.05, 0.1) is 12.0 Å². The first-order chi connectivity index (χ1) is 12.7. The number of piperidine rings is 1. The molecule has 4 rings (SSSR count). The Kier molecular flexibility index (Phi) is 4.88. The molecule has 0 aliphatic carbocycles. The molecular weight excluding hydrogens is 330 g/mol. The number of aromatic nitrogens is 3. The number of aliphatic hydroxyl groups excluding tert-OH is 1. The minimum absolute atomic E-state index is 0.0348. The predicted molar refractivity (Wildman–Crippen MR) is 98.9 cm³/mol. The maximum absolute atomic E-state index is 12.8. The van der Waals surface area contributed by atoms with Crippen LogP contribution in [0.15, 0.2) is 30.9 Å². The van der Waals surface area contributed by atoms with Crippen molar-refractivity contribution < 1.29 is 9.90 Å². The summed E-state index contributed by atoms with van der Waals surface area (Å²) in [7, 11) is 0. The highest BCUT2D eigenvalue weighted by atomic mass is 16.3. The van der Waals surface area contributed by atoms with Crippen molar-refractivity contribution in [2.45, 2.75) is 32.2 Å². The number of aliphatic hydroxyl groups is 1. The summed E-state index contributed by atoms with van der Waals surface area (Å²) in [5.74, 6) is 1.22. The lowest BCUT2D eigenvalue weighted by Crippen LogP contribution is -2.36. The third kappa shape index (κ3) is 3.44. The van der Waals surface area contributed by atoms with E-state index in [4.69, 9.17) is 0 Å². The summed E-state index contributed by atoms with van der Waals surface area (Å²) in [5, 5.41) is 12.4. The number of carbonyl (C=O) groups is 1. The molecule has 0 bridgehead atoms. The molecule has 1 fully saturated rings. The molecule has 2 aliphatic rings. The van der Waals surface area contributed by atoms with Gasteiger partial charge in [0.1, 0.15) is 0 Å². The lowest BCUT2D eigenvalue weighted by Gasteiger charge is -2.33. The molecular formula is C19H25N5O2. The molecule has 2 aromatic heterocycles. The van der Waals surface area contributed by atoms with Gasteiger partial charge >= 0.3 is 0 Å². The van der Waals surface area contributed by atoms with Gasteiger partial charge in [0.15, 0.2) is 5.82 Å². The van der Waals surface area contributed by atoms with E-state index in [1.165, 1.54) is 0 Å². The number of imidazole rings is 1. The number of nitrogens with zero attached hydrogens (tertiary/aromatic N) is 4. The van der Waals surface area contributed by atoms with E-state index < -0.39 is 0 Å². The maximum Gasteiger partial charge on any atom is 0.228 e. The van der Waals surface area contributed by atoms with Gasteiger partial charge in [-0.2, -0.15) is 0 Å². The highest BCUT2D eigenvalue weighted by Crippen LogP contribution is 2.29. The topological polar surface area (TPSA) is 83.3 Å². The van der Waals surface area contributed by atoms with E-state index in [2.05, 4.69) is 24.8 Å². The van der Waals surface area contributed by atoms with Crippen molar-refractivity contribution in [2.75, 3.05) is 29.9 Å². The smallest absolute Gasteiger partial charge is 0.228 e. The predicted octanol–water partition coefficient (Wildman–Crippen LogP) is 1.69. The molecule has 1 unspecified atom stereocenters. The zero-order chi connectivity index (χ0) is 17.9. The molecule has 1 amide bonds. The second-order valence-corrected chi connectivity index (χ2v) is 7.24. The zero-order valence-corrected chi connectivity index (χ0v) is 14.8. The summed E-state index contributed by atoms with van der Waals surface area (Å²) in [6.45, 7) is 2.79. The summed E-state index contributed by atoms with van der Waals surface area (Å²) in [6, 6.07) is 3.78. The van der Waals surface area contributed by atoms with Gasteiger partial charge in [0.2, 0.25) is 5.91 Å². The molecule has 0 saturated carbocycles. The number of nitrogens with one attached hydrogen (secondary N) is 1. The number of amides is 1. The van der Waals surface area contributed by atoms with E-state index in [0.29, 0.717) is 5.92 Å². The number of anilines is 2. The van der Waals surface area contributed by atoms with Gasteiger partial charge in [-0.25, -0.2) is 9.97 Å². The molecule has 4 heterocycles. The zero-order valence-electron chi connectivity index (χ0n) is 14.8. The first-order valence-corrected chi connectivity index (χ1v) is 9.35. The summed E-state index contributed by atoms with van der Waals surface area (Å²) < 4.78 is 2.12. The van der Waals surface area contributed by atoms with E-state index in [0.717, 1.165) is 62.5 Å². The third-order valence-corrected chi connectivity index (χ3v) is 5.56. The van der Waals surface area contributed by atoms with Gasteiger partial charge in [-0.3, -0.25) is 4.79 Å². The van der Waals surface area contributed by atoms with Crippen molar-refractivity contribution in [1.29, 1.82) is 0 Å². The van der Waals surface area contributed by atoms with Crippen LogP contribution in [0.25, 0.3) is 0 Å². The Hall–Kier alpha value is -2.41. The summed E-state index contributed by atoms with van der Waals surface area (Å²) in [4.78, 5) is 23.7. The van der Waals surface area contributed by atoms with Crippen LogP contribution in [0.2, 0.25) is 0 Å². The second kappa shape index (κ2) is 7.45. The first-order valence-electron chi connectivity index (χ1n) is 9.35. The summed E-state index contributed by atoms with van der Waals surface area (Å²) in [6.07, 6.45) is 8.90. The van der Waals surface area contributed by atoms with Gasteiger partial charge in [-0.1, -0.05) is 0 Å². The van der Waals surface area contributed by atoms with Gasteiger partial charge in [-0.15, -0.1) is 0 Å². The molecule has 2 aromatic rings. The van der Waals surface area contributed by atoms with Crippen molar-refractivity contribution in [2.24, 2.45) is 11.8 Å². The number of fused-ring (bicyclic) bond motifs is 1. The quantitative estimate of drug-likeness (QED) is 0.872. The Labute approximate surface area is 153 Å². The average molecular weight is 355 g/mol. The van der Waals surface area contributed by atoms with Crippen LogP contribution in [0.5, 0.6) is 0 Å². The van der Waals surface area contributed by atoms with Crippen LogP contribution in [0.3, 0.4) is 0 Å². The van der Waals surface area contributed by atoms with E-state index in [1.54, 1.807) is 6.20 Å². The van der Waals surface area contributed by atoms with Crippen molar-refractivity contribution in [3.8, 4) is 0 Å². The fraction of sp³-hybridized carbons (Fsp3) is 0.526. The van der Waals surface area contributed by atoms with Gasteiger partial charge in [0.25, 0.3) is 0 Å². The highest BCUT2D eigenvalue weighted by molar-refractivity contribution is 5.95. The van der Waals surface area contributed by atoms with Crippen LogP contribution in [0, 0.1) is 11.8 Å². The van der Waals surface area contributed by atoms with Gasteiger partial charge in [-0.05, 0) is 37.3 Å². The number of rotatable bonds is 4. The maximum atomic E-state index is 12.8. The highest BCUT2D eigenvalue weighted by Gasteiger charge is 2.27. The van der Waals surface area contributed by atoms with Gasteiger partial charge < -0.3 is 19.9 Å². The molecule has 2 N–H and O–H groups in total. The Morgan fingerprint density at radius 2 is 2.12 bits per heavy atom. The van der Waals surface area contributed by atoms with Crippen LogP contribution in [0.1, 0.15) is 25.0 Å². The van der Waals surface area contributed by atoms with Crippen molar-refractivity contribution >= 4 is 17.4 Å². The number of pyridine rings is 1. The molecule has 0 spiro atoms. The molecule has 2 aliphatic heterocycles. The van der Waals surface area contributed by atoms with Crippen LogP contribution in [-0.2, 0) is 17.8 Å². The van der Waals surface area contributed by atoms with Crippen LogP contribution < -0.4 is 10.2 Å². The Morgan fingerprint density at radius 1 is 1.27 bits per heavy atom. The largest absolute Gasteiger partial charge is 0.396 e. The van der Waals surface area contributed by atoms with E-state index in [-0.39, 0.29) is 18.4 Å². The number of carbonyl (C=O) groups excluding carboxylic acids is 1. The molecule has 1 atom stereocenters. The summed E-state index contributed by atoms with van der Waals surface area (Å²) in [5.41, 5.74) is 1.90. The molecule has 0 aromatic carbocycles. The molecule has 7 heteroatoms. The van der Waals surface area contributed by atoms with Gasteiger partial charge in [0, 0.05) is 56.7 Å². The van der Waals surface area contributed by atoms with Crippen molar-refractivity contribution in [3.63, 3.8) is 0 Å². The Balaban J connectivity index is 1.45. The van der Waals surface area contributed by atoms with E-state index >= 15 is 0 Å². The SMILES string of the molecule is O=C(Nc1cccnc1N1CCC(CO)CC1)C1CCn2cncc2C1. The minimum atomic E-state index is -0.0348. The second-order valence-electron chi connectivity index (χ2n) is 7.24. The lowest BCUT2D eigenvalue weighted by molar-refractivity contribution is -0.120. The number of aryl methyl sites for hydroxylation is 1. The Morgan fingerprint density at radius 3 is 2.92 bits per heavy atom. The van der Waals surface area contributed by atoms with Crippen molar-refractivity contribution in [1.82, 2.24) is 14.5 Å². The number of hydrogen-bond donors (Lipinski definition) is 2. The fourth-order valence-electron chi connectivity index (χ4n) is 3.90. The molecule has 0 radical (unpaired) electrons. The third-order valence-electron chi connectivity index (χ3n) is 5.56.